The van der Waals surface area contributed by atoms with Crippen LogP contribution in [0.15, 0.2) is 58.3 Å². The molecule has 4 aromatic rings. The molecule has 38 heavy (non-hydrogen) atoms. The van der Waals surface area contributed by atoms with E-state index in [0.717, 1.165) is 30.9 Å². The second-order valence-electron chi connectivity index (χ2n) is 9.64. The second-order valence-corrected chi connectivity index (χ2v) is 9.64. The molecule has 0 spiro atoms. The summed E-state index contributed by atoms with van der Waals surface area (Å²) in [5.74, 6) is 8.15. The van der Waals surface area contributed by atoms with E-state index in [-0.39, 0.29) is 18.1 Å². The lowest BCUT2D eigenvalue weighted by Crippen LogP contribution is -2.44. The molecule has 0 saturated carbocycles. The van der Waals surface area contributed by atoms with Crippen molar-refractivity contribution >= 4 is 28.4 Å². The molecule has 0 aliphatic carbocycles. The van der Waals surface area contributed by atoms with E-state index < -0.39 is 0 Å². The first-order valence-electron chi connectivity index (χ1n) is 12.9. The molecule has 2 aliphatic heterocycles. The lowest BCUT2D eigenvalue weighted by Gasteiger charge is -2.31. The lowest BCUT2D eigenvalue weighted by atomic mass is 10.1. The normalized spacial score (nSPS) is 16.6. The van der Waals surface area contributed by atoms with Gasteiger partial charge in [-0.1, -0.05) is 30.2 Å². The van der Waals surface area contributed by atoms with Gasteiger partial charge in [0.15, 0.2) is 5.75 Å². The summed E-state index contributed by atoms with van der Waals surface area (Å²) in [4.78, 5) is 26.0. The average molecular weight is 508 g/mol. The molecule has 6 rings (SSSR count). The summed E-state index contributed by atoms with van der Waals surface area (Å²) >= 11 is 0. The highest BCUT2D eigenvalue weighted by atomic mass is 16.5. The molecule has 2 aliphatic rings. The van der Waals surface area contributed by atoms with Gasteiger partial charge in [0, 0.05) is 24.7 Å². The van der Waals surface area contributed by atoms with Gasteiger partial charge in [-0.05, 0) is 51.0 Å². The van der Waals surface area contributed by atoms with Gasteiger partial charge in [0.1, 0.15) is 22.5 Å². The van der Waals surface area contributed by atoms with Gasteiger partial charge in [-0.3, -0.25) is 9.36 Å². The number of para-hydroxylation sites is 3. The Morgan fingerprint density at radius 2 is 1.92 bits per heavy atom. The van der Waals surface area contributed by atoms with E-state index in [2.05, 4.69) is 21.8 Å². The molecule has 0 radical (unpaired) electrons. The van der Waals surface area contributed by atoms with Crippen molar-refractivity contribution in [2.24, 2.45) is 10.7 Å². The Bertz CT molecular complexity index is 1690. The summed E-state index contributed by atoms with van der Waals surface area (Å²) in [6, 6.07) is 15.4. The Hall–Kier alpha value is -4.42. The number of fused-ring (bicyclic) bond motifs is 3. The Morgan fingerprint density at radius 3 is 2.74 bits per heavy atom. The third kappa shape index (κ3) is 4.23. The molecule has 2 N–H and O–H groups in total. The van der Waals surface area contributed by atoms with Crippen LogP contribution in [0.3, 0.4) is 0 Å². The van der Waals surface area contributed by atoms with Crippen LogP contribution in [0.5, 0.6) is 11.5 Å². The van der Waals surface area contributed by atoms with Gasteiger partial charge >= 0.3 is 0 Å². The molecule has 0 unspecified atom stereocenters. The number of benzene rings is 2. The maximum absolute atomic E-state index is 14.0. The molecule has 1 saturated heterocycles. The monoisotopic (exact) mass is 507 g/mol. The predicted molar refractivity (Wildman–Crippen MR) is 149 cm³/mol. The molecule has 0 amide bonds. The number of hydrogen-bond donors (Lipinski definition) is 1. The number of aromatic nitrogens is 4. The fourth-order valence-corrected chi connectivity index (χ4v) is 5.17. The third-order valence-electron chi connectivity index (χ3n) is 6.99. The first-order valence-corrected chi connectivity index (χ1v) is 12.9. The SMILES string of the molecule is CC#CCn1c(N2CCC[C@@H](N)C2)nc2c(C)nn(CC3=Nc4ccccc4Oc4ccccc43)c(=O)c21. The summed E-state index contributed by atoms with van der Waals surface area (Å²) in [6.07, 6.45) is 1.96. The highest BCUT2D eigenvalue weighted by Gasteiger charge is 2.26. The van der Waals surface area contributed by atoms with E-state index in [9.17, 15) is 4.79 Å². The Labute approximate surface area is 220 Å². The first-order chi connectivity index (χ1) is 18.5. The van der Waals surface area contributed by atoms with Crippen molar-refractivity contribution in [1.29, 1.82) is 0 Å². The van der Waals surface area contributed by atoms with E-state index in [1.54, 1.807) is 6.92 Å². The number of aryl methyl sites for hydroxylation is 1. The van der Waals surface area contributed by atoms with Gasteiger partial charge in [0.05, 0.1) is 24.5 Å². The number of piperidine rings is 1. The van der Waals surface area contributed by atoms with Crippen LogP contribution in [0.4, 0.5) is 11.6 Å². The van der Waals surface area contributed by atoms with Crippen LogP contribution >= 0.6 is 0 Å². The molecular weight excluding hydrogens is 478 g/mol. The minimum absolute atomic E-state index is 0.0727. The highest BCUT2D eigenvalue weighted by molar-refractivity contribution is 6.05. The number of imidazole rings is 1. The van der Waals surface area contributed by atoms with E-state index in [1.807, 2.05) is 60.0 Å². The van der Waals surface area contributed by atoms with Gasteiger partial charge in [-0.25, -0.2) is 14.7 Å². The van der Waals surface area contributed by atoms with Crippen LogP contribution in [0.1, 0.15) is 31.0 Å². The Balaban J connectivity index is 1.50. The fourth-order valence-electron chi connectivity index (χ4n) is 5.17. The molecule has 9 nitrogen and oxygen atoms in total. The number of aliphatic imine (C=N–C) groups is 1. The Morgan fingerprint density at radius 1 is 1.13 bits per heavy atom. The molecule has 9 heteroatoms. The van der Waals surface area contributed by atoms with Gasteiger partial charge < -0.3 is 15.4 Å². The lowest BCUT2D eigenvalue weighted by molar-refractivity contribution is 0.484. The molecule has 4 heterocycles. The molecule has 192 valence electrons. The average Bonchev–Trinajstić information content (AvgIpc) is 3.23. The molecule has 2 aromatic carbocycles. The summed E-state index contributed by atoms with van der Waals surface area (Å²) in [7, 11) is 0. The van der Waals surface area contributed by atoms with Crippen LogP contribution in [0.25, 0.3) is 11.0 Å². The van der Waals surface area contributed by atoms with Crippen molar-refractivity contribution in [2.45, 2.75) is 45.8 Å². The van der Waals surface area contributed by atoms with Crippen LogP contribution in [-0.4, -0.2) is 44.2 Å². The number of nitrogens with two attached hydrogens (primary N) is 1. The van der Waals surface area contributed by atoms with Crippen molar-refractivity contribution in [3.8, 4) is 23.3 Å². The van der Waals surface area contributed by atoms with Crippen LogP contribution < -0.4 is 20.9 Å². The van der Waals surface area contributed by atoms with Gasteiger partial charge in [-0.15, -0.1) is 5.92 Å². The minimum atomic E-state index is -0.234. The maximum Gasteiger partial charge on any atom is 0.293 e. The predicted octanol–water partition coefficient (Wildman–Crippen LogP) is 3.78. The van der Waals surface area contributed by atoms with Crippen LogP contribution in [-0.2, 0) is 13.1 Å². The van der Waals surface area contributed by atoms with Crippen molar-refractivity contribution in [3.63, 3.8) is 0 Å². The molecule has 2 aromatic heterocycles. The van der Waals surface area contributed by atoms with Gasteiger partial charge in [0.2, 0.25) is 5.95 Å². The van der Waals surface area contributed by atoms with Gasteiger partial charge in [0.25, 0.3) is 5.56 Å². The quantitative estimate of drug-likeness (QED) is 0.422. The number of anilines is 1. The number of rotatable bonds is 4. The molecular formula is C29H29N7O2. The van der Waals surface area contributed by atoms with E-state index in [4.69, 9.17) is 20.4 Å². The van der Waals surface area contributed by atoms with Gasteiger partial charge in [-0.2, -0.15) is 5.10 Å². The third-order valence-corrected chi connectivity index (χ3v) is 6.99. The fraction of sp³-hybridized carbons (Fsp3) is 0.310. The van der Waals surface area contributed by atoms with Crippen LogP contribution in [0.2, 0.25) is 0 Å². The molecule has 1 atom stereocenters. The van der Waals surface area contributed by atoms with Crippen molar-refractivity contribution in [2.75, 3.05) is 18.0 Å². The number of ether oxygens (including phenoxy) is 1. The zero-order chi connectivity index (χ0) is 26.2. The van der Waals surface area contributed by atoms with Crippen molar-refractivity contribution < 1.29 is 4.74 Å². The second kappa shape index (κ2) is 9.80. The van der Waals surface area contributed by atoms with E-state index in [0.29, 0.717) is 52.7 Å². The van der Waals surface area contributed by atoms with Crippen molar-refractivity contribution in [3.05, 3.63) is 70.1 Å². The highest BCUT2D eigenvalue weighted by Crippen LogP contribution is 2.37. The Kier molecular flexibility index (Phi) is 6.18. The zero-order valence-corrected chi connectivity index (χ0v) is 21.5. The smallest absolute Gasteiger partial charge is 0.293 e. The summed E-state index contributed by atoms with van der Waals surface area (Å²) in [5.41, 5.74) is 10.0. The number of hydrogen-bond acceptors (Lipinski definition) is 7. The standard InChI is InChI=1S/C29H29N7O2/c1-3-4-16-35-27-26(32-29(35)34-15-9-10-20(30)17-34)19(2)33-36(28(27)37)18-23-21-11-5-7-13-24(21)38-25-14-8-6-12-22(25)31-23/h5-8,11-14,20H,9-10,15-18,30H2,1-2H3/t20-/m1/s1. The maximum atomic E-state index is 14.0. The summed E-state index contributed by atoms with van der Waals surface area (Å²) in [5, 5.41) is 4.68. The van der Waals surface area contributed by atoms with E-state index in [1.165, 1.54) is 4.68 Å². The summed E-state index contributed by atoms with van der Waals surface area (Å²) < 4.78 is 9.56. The largest absolute Gasteiger partial charge is 0.454 e. The molecule has 1 fully saturated rings. The first kappa shape index (κ1) is 23.9. The molecule has 0 bridgehead atoms. The summed E-state index contributed by atoms with van der Waals surface area (Å²) in [6.45, 7) is 5.74. The number of nitrogens with zero attached hydrogens (tertiary/aromatic N) is 6. The van der Waals surface area contributed by atoms with Crippen molar-refractivity contribution in [1.82, 2.24) is 19.3 Å². The zero-order valence-electron chi connectivity index (χ0n) is 21.5. The van der Waals surface area contributed by atoms with Crippen LogP contribution in [0, 0.1) is 18.8 Å². The topological polar surface area (TPSA) is 104 Å². The minimum Gasteiger partial charge on any atom is -0.454 e. The van der Waals surface area contributed by atoms with E-state index >= 15 is 0 Å².